The first kappa shape index (κ1) is 48.0. The fraction of sp³-hybridized carbons (Fsp3) is 0.482. The summed E-state index contributed by atoms with van der Waals surface area (Å²) in [4.78, 5) is 65.1. The first-order chi connectivity index (χ1) is 33.3. The Morgan fingerprint density at radius 3 is 1.80 bits per heavy atom. The molecule has 0 saturated heterocycles. The Labute approximate surface area is 405 Å². The maximum atomic E-state index is 14.3. The summed E-state index contributed by atoms with van der Waals surface area (Å²) >= 11 is 0. The number of rotatable bonds is 4. The number of carbonyl (C=O) groups excluding carboxylic acids is 4. The van der Waals surface area contributed by atoms with Crippen LogP contribution >= 0.6 is 0 Å². The third-order valence-corrected chi connectivity index (χ3v) is 16.8. The molecule has 4 aromatic rings. The zero-order valence-corrected chi connectivity index (χ0v) is 40.1. The molecule has 4 amide bonds. The number of carbonyl (C=O) groups is 4. The first-order valence-electron chi connectivity index (χ1n) is 24.9. The molecule has 4 saturated carbocycles. The lowest BCUT2D eigenvalue weighted by molar-refractivity contribution is -0.151. The SMILES string of the molecule is C[C@@H]1CCC(=O)N(Cc2ccccc2)CC(=O)Nc2ccc(cc2)Oc2ccc(cc2)NC(=O)CN(Cc2ccccc2)C(=O)CO/N=C2\C[C@H]3[C@@H]([C@H](O)C[C@@H]4C[C@H](O)CC[C@@]43C)[C@@H]3CC[C@H]1[C@@]23C. The number of amides is 4. The maximum absolute atomic E-state index is 14.3. The number of nitrogens with one attached hydrogen (secondary N) is 2. The van der Waals surface area contributed by atoms with Gasteiger partial charge in [0.05, 0.1) is 17.9 Å². The molecule has 11 rings (SSSR count). The van der Waals surface area contributed by atoms with Crippen molar-refractivity contribution >= 4 is 40.7 Å². The fourth-order valence-corrected chi connectivity index (χ4v) is 13.2. The number of hydrogen-bond donors (Lipinski definition) is 4. The largest absolute Gasteiger partial charge is 0.457 e. The molecule has 4 aromatic carbocycles. The highest BCUT2D eigenvalue weighted by Gasteiger charge is 2.65. The molecule has 0 spiro atoms. The van der Waals surface area contributed by atoms with Gasteiger partial charge in [-0.25, -0.2) is 0 Å². The topological polar surface area (TPSA) is 170 Å². The Morgan fingerprint density at radius 1 is 0.667 bits per heavy atom. The van der Waals surface area contributed by atoms with E-state index < -0.39 is 11.5 Å². The van der Waals surface area contributed by atoms with Crippen LogP contribution in [0.1, 0.15) is 89.7 Å². The van der Waals surface area contributed by atoms with Gasteiger partial charge in [0.2, 0.25) is 17.7 Å². The maximum Gasteiger partial charge on any atom is 0.264 e. The summed E-state index contributed by atoms with van der Waals surface area (Å²) in [6.07, 6.45) is 5.20. The van der Waals surface area contributed by atoms with Crippen LogP contribution in [0.5, 0.6) is 11.5 Å². The van der Waals surface area contributed by atoms with E-state index >= 15 is 0 Å². The average molecular weight is 938 g/mol. The number of benzene rings is 4. The summed E-state index contributed by atoms with van der Waals surface area (Å²) in [6, 6.07) is 33.2. The summed E-state index contributed by atoms with van der Waals surface area (Å²) in [5.74, 6) is 0.442. The normalized spacial score (nSPS) is 32.2. The van der Waals surface area contributed by atoms with Crippen molar-refractivity contribution in [3.8, 4) is 11.5 Å². The van der Waals surface area contributed by atoms with Crippen LogP contribution in [0.4, 0.5) is 11.4 Å². The minimum Gasteiger partial charge on any atom is -0.457 e. The Hall–Kier alpha value is -6.05. The monoisotopic (exact) mass is 937 g/mol. The highest BCUT2D eigenvalue weighted by Crippen LogP contribution is 2.67. The minimum atomic E-state index is -0.523. The van der Waals surface area contributed by atoms with E-state index in [1.54, 1.807) is 53.4 Å². The number of fused-ring (bicyclic) bond motifs is 6. The molecule has 4 N–H and O–H groups in total. The van der Waals surface area contributed by atoms with Crippen molar-refractivity contribution in [1.29, 1.82) is 0 Å². The van der Waals surface area contributed by atoms with Crippen LogP contribution in [0.2, 0.25) is 0 Å². The summed E-state index contributed by atoms with van der Waals surface area (Å²) < 4.78 is 6.07. The van der Waals surface area contributed by atoms with Crippen molar-refractivity contribution in [3.05, 3.63) is 120 Å². The molecule has 4 bridgehead atoms. The van der Waals surface area contributed by atoms with Gasteiger partial charge in [0, 0.05) is 36.3 Å². The van der Waals surface area contributed by atoms with Crippen molar-refractivity contribution in [2.45, 2.75) is 104 Å². The van der Waals surface area contributed by atoms with Gasteiger partial charge in [0.1, 0.15) is 24.6 Å². The van der Waals surface area contributed by atoms with Crippen LogP contribution < -0.4 is 15.4 Å². The molecule has 3 heterocycles. The van der Waals surface area contributed by atoms with Crippen LogP contribution in [0.15, 0.2) is 114 Å². The second-order valence-corrected chi connectivity index (χ2v) is 20.9. The van der Waals surface area contributed by atoms with E-state index in [1.807, 2.05) is 60.7 Å². The fourth-order valence-electron chi connectivity index (χ4n) is 13.2. The molecule has 10 atom stereocenters. The minimum absolute atomic E-state index is 0.0274. The van der Waals surface area contributed by atoms with Gasteiger partial charge in [-0.2, -0.15) is 0 Å². The molecule has 364 valence electrons. The second-order valence-electron chi connectivity index (χ2n) is 20.9. The van der Waals surface area contributed by atoms with Gasteiger partial charge in [-0.15, -0.1) is 0 Å². The molecular weight excluding hydrogens is 871 g/mol. The lowest BCUT2D eigenvalue weighted by Crippen LogP contribution is -2.61. The van der Waals surface area contributed by atoms with E-state index in [1.165, 1.54) is 4.90 Å². The Morgan fingerprint density at radius 2 is 1.22 bits per heavy atom. The van der Waals surface area contributed by atoms with Crippen LogP contribution in [-0.4, -0.2) is 81.3 Å². The predicted molar refractivity (Wildman–Crippen MR) is 264 cm³/mol. The summed E-state index contributed by atoms with van der Waals surface area (Å²) in [7, 11) is 0. The summed E-state index contributed by atoms with van der Waals surface area (Å²) in [6.45, 7) is 6.57. The van der Waals surface area contributed by atoms with Gasteiger partial charge in [-0.3, -0.25) is 19.2 Å². The highest BCUT2D eigenvalue weighted by molar-refractivity contribution is 5.96. The van der Waals surface area contributed by atoms with E-state index in [4.69, 9.17) is 14.7 Å². The molecule has 0 aromatic heterocycles. The van der Waals surface area contributed by atoms with E-state index in [0.717, 1.165) is 42.5 Å². The lowest BCUT2D eigenvalue weighted by atomic mass is 9.43. The van der Waals surface area contributed by atoms with E-state index in [0.29, 0.717) is 48.6 Å². The number of aliphatic hydroxyl groups excluding tert-OH is 2. The van der Waals surface area contributed by atoms with Gasteiger partial charge in [0.25, 0.3) is 5.91 Å². The second kappa shape index (κ2) is 20.5. The van der Waals surface area contributed by atoms with Gasteiger partial charge >= 0.3 is 0 Å². The molecule has 13 nitrogen and oxygen atoms in total. The van der Waals surface area contributed by atoms with Crippen molar-refractivity contribution < 1.29 is 39.0 Å². The quantitative estimate of drug-likeness (QED) is 0.157. The molecule has 3 aliphatic heterocycles. The van der Waals surface area contributed by atoms with Crippen molar-refractivity contribution in [1.82, 2.24) is 9.80 Å². The standard InChI is InChI=1S/C56H67N5O8/c1-36-14-25-52(66)60(31-37-10-6-4-7-11-37)33-50(64)57-40-15-19-43(20-16-40)69-44-21-17-41(18-22-44)58-51(65)34-61(32-38-12-8-5-9-13-38)53(67)35-68-59-49-30-47-54(46-24-23-45(36)56(46,49)3)48(63)29-39-28-42(62)26-27-55(39,47)2/h4-13,15-22,36,39,42,45-48,54,62-63H,14,23-35H2,1-3H3,(H,57,64)(H,58,65)/b59-49+/t36-,39+,42-,45-,46+,47+,48-,54+,55+,56-/m1/s1. The van der Waals surface area contributed by atoms with Gasteiger partial charge in [0.15, 0.2) is 6.61 Å². The van der Waals surface area contributed by atoms with Crippen LogP contribution in [0.25, 0.3) is 0 Å². The Balaban J connectivity index is 1.03. The number of hydrogen-bond acceptors (Lipinski definition) is 9. The van der Waals surface area contributed by atoms with Gasteiger partial charge < -0.3 is 40.2 Å². The van der Waals surface area contributed by atoms with Crippen molar-refractivity contribution in [2.75, 3.05) is 30.3 Å². The molecule has 0 radical (unpaired) electrons. The van der Waals surface area contributed by atoms with Crippen molar-refractivity contribution in [3.63, 3.8) is 0 Å². The molecule has 0 unspecified atom stereocenters. The molecular formula is C56H67N5O8. The number of aliphatic hydroxyl groups is 2. The zero-order chi connectivity index (χ0) is 48.3. The molecule has 4 aliphatic carbocycles. The third kappa shape index (κ3) is 10.5. The average Bonchev–Trinajstić information content (AvgIpc) is 3.70. The van der Waals surface area contributed by atoms with E-state index in [2.05, 4.69) is 31.4 Å². The highest BCUT2D eigenvalue weighted by atomic mass is 16.6. The van der Waals surface area contributed by atoms with Crippen LogP contribution in [0.3, 0.4) is 0 Å². The Bertz CT molecular complexity index is 2490. The molecule has 4 fully saturated rings. The summed E-state index contributed by atoms with van der Waals surface area (Å²) in [5, 5.41) is 33.8. The number of oxime groups is 1. The van der Waals surface area contributed by atoms with Crippen LogP contribution in [-0.2, 0) is 37.1 Å². The predicted octanol–water partition coefficient (Wildman–Crippen LogP) is 8.82. The number of anilines is 2. The zero-order valence-electron chi connectivity index (χ0n) is 40.1. The molecule has 69 heavy (non-hydrogen) atoms. The van der Waals surface area contributed by atoms with E-state index in [-0.39, 0.29) is 110 Å². The number of nitrogens with zero attached hydrogens (tertiary/aromatic N) is 3. The Kier molecular flexibility index (Phi) is 14.3. The van der Waals surface area contributed by atoms with Crippen LogP contribution in [0, 0.1) is 46.3 Å². The van der Waals surface area contributed by atoms with Gasteiger partial charge in [-0.1, -0.05) is 86.6 Å². The molecule has 13 heteroatoms. The lowest BCUT2D eigenvalue weighted by Gasteiger charge is -2.62. The smallest absolute Gasteiger partial charge is 0.264 e. The van der Waals surface area contributed by atoms with E-state index in [9.17, 15) is 29.4 Å². The summed E-state index contributed by atoms with van der Waals surface area (Å²) in [5.41, 5.74) is 3.15. The van der Waals surface area contributed by atoms with Crippen molar-refractivity contribution in [2.24, 2.45) is 51.5 Å². The third-order valence-electron chi connectivity index (χ3n) is 16.8. The van der Waals surface area contributed by atoms with Gasteiger partial charge in [-0.05, 0) is 152 Å². The number of ether oxygens (including phenoxy) is 1. The molecule has 7 aliphatic rings. The first-order valence-corrected chi connectivity index (χ1v) is 24.9.